The number of para-hydroxylation sites is 1. The van der Waals surface area contributed by atoms with Gasteiger partial charge in [0.05, 0.1) is 12.3 Å². The molecular formula is C23H32N2O2. The zero-order valence-corrected chi connectivity index (χ0v) is 17.5. The van der Waals surface area contributed by atoms with Crippen molar-refractivity contribution in [1.29, 1.82) is 0 Å². The first kappa shape index (κ1) is 20.9. The average Bonchev–Trinajstić information content (AvgIpc) is 2.60. The maximum atomic E-state index is 13.2. The smallest absolute Gasteiger partial charge is 0.261 e. The first-order valence-corrected chi connectivity index (χ1v) is 9.90. The van der Waals surface area contributed by atoms with Crippen LogP contribution in [-0.2, 0) is 12.8 Å². The van der Waals surface area contributed by atoms with Gasteiger partial charge in [0.15, 0.2) is 0 Å². The molecule has 1 aromatic carbocycles. The van der Waals surface area contributed by atoms with Gasteiger partial charge in [0.2, 0.25) is 0 Å². The van der Waals surface area contributed by atoms with Gasteiger partial charge in [-0.3, -0.25) is 9.78 Å². The molecule has 0 saturated carbocycles. The van der Waals surface area contributed by atoms with E-state index in [0.717, 1.165) is 41.8 Å². The Morgan fingerprint density at radius 1 is 1.15 bits per heavy atom. The molecule has 0 saturated heterocycles. The number of anilines is 1. The lowest BCUT2D eigenvalue weighted by atomic mass is 10.0. The molecule has 0 bridgehead atoms. The number of hydrogen-bond donors (Lipinski definition) is 1. The van der Waals surface area contributed by atoms with Crippen molar-refractivity contribution in [2.45, 2.75) is 60.8 Å². The van der Waals surface area contributed by atoms with Crippen LogP contribution in [0.2, 0.25) is 0 Å². The third-order valence-electron chi connectivity index (χ3n) is 4.71. The van der Waals surface area contributed by atoms with Crippen LogP contribution in [0.15, 0.2) is 24.3 Å². The Labute approximate surface area is 163 Å². The molecular weight excluding hydrogens is 336 g/mol. The maximum absolute atomic E-state index is 13.2. The lowest BCUT2D eigenvalue weighted by molar-refractivity contribution is 0.102. The number of nitrogens with one attached hydrogen (secondary N) is 1. The molecule has 2 rings (SSSR count). The van der Waals surface area contributed by atoms with E-state index in [9.17, 15) is 4.79 Å². The number of aromatic nitrogens is 1. The van der Waals surface area contributed by atoms with Crippen LogP contribution >= 0.6 is 0 Å². The lowest BCUT2D eigenvalue weighted by Crippen LogP contribution is -2.19. The molecule has 1 N–H and O–H groups in total. The summed E-state index contributed by atoms with van der Waals surface area (Å²) in [5.74, 6) is 1.01. The SMILES string of the molecule is CCc1cccc(CC)c1NC(=O)c1c(OCCC(C)C)cc(C)nc1C. The Hall–Kier alpha value is -2.36. The van der Waals surface area contributed by atoms with E-state index in [0.29, 0.717) is 29.5 Å². The summed E-state index contributed by atoms with van der Waals surface area (Å²) in [4.78, 5) is 17.7. The van der Waals surface area contributed by atoms with Crippen molar-refractivity contribution in [3.8, 4) is 5.75 Å². The molecule has 27 heavy (non-hydrogen) atoms. The van der Waals surface area contributed by atoms with Crippen molar-refractivity contribution < 1.29 is 9.53 Å². The van der Waals surface area contributed by atoms with Crippen LogP contribution < -0.4 is 10.1 Å². The number of pyridine rings is 1. The summed E-state index contributed by atoms with van der Waals surface area (Å²) in [7, 11) is 0. The molecule has 0 aliphatic carbocycles. The fraction of sp³-hybridized carbons (Fsp3) is 0.478. The highest BCUT2D eigenvalue weighted by molar-refractivity contribution is 6.07. The van der Waals surface area contributed by atoms with E-state index in [2.05, 4.69) is 50.1 Å². The molecule has 0 aliphatic rings. The van der Waals surface area contributed by atoms with Crippen molar-refractivity contribution in [3.05, 3.63) is 52.3 Å². The van der Waals surface area contributed by atoms with E-state index in [1.165, 1.54) is 0 Å². The van der Waals surface area contributed by atoms with Gasteiger partial charge in [-0.25, -0.2) is 0 Å². The van der Waals surface area contributed by atoms with Crippen molar-refractivity contribution >= 4 is 11.6 Å². The first-order chi connectivity index (χ1) is 12.9. The molecule has 0 fully saturated rings. The summed E-state index contributed by atoms with van der Waals surface area (Å²) in [6, 6.07) is 8.03. The Morgan fingerprint density at radius 2 is 1.78 bits per heavy atom. The molecule has 4 nitrogen and oxygen atoms in total. The van der Waals surface area contributed by atoms with E-state index in [4.69, 9.17) is 4.74 Å². The molecule has 1 heterocycles. The maximum Gasteiger partial charge on any atom is 0.261 e. The molecule has 0 radical (unpaired) electrons. The van der Waals surface area contributed by atoms with Gasteiger partial charge in [-0.1, -0.05) is 45.9 Å². The van der Waals surface area contributed by atoms with Gasteiger partial charge in [-0.2, -0.15) is 0 Å². The third-order valence-corrected chi connectivity index (χ3v) is 4.71. The lowest BCUT2D eigenvalue weighted by Gasteiger charge is -2.18. The fourth-order valence-electron chi connectivity index (χ4n) is 3.17. The molecule has 0 spiro atoms. The number of ether oxygens (including phenoxy) is 1. The van der Waals surface area contributed by atoms with Crippen molar-refractivity contribution in [1.82, 2.24) is 4.98 Å². The first-order valence-electron chi connectivity index (χ1n) is 9.90. The van der Waals surface area contributed by atoms with Crippen molar-refractivity contribution in [2.24, 2.45) is 5.92 Å². The number of amides is 1. The second kappa shape index (κ2) is 9.54. The van der Waals surface area contributed by atoms with Crippen LogP contribution in [0.5, 0.6) is 5.75 Å². The minimum atomic E-state index is -0.157. The van der Waals surface area contributed by atoms with Crippen LogP contribution in [0.3, 0.4) is 0 Å². The largest absolute Gasteiger partial charge is 0.493 e. The van der Waals surface area contributed by atoms with Gasteiger partial charge in [-0.05, 0) is 50.2 Å². The summed E-state index contributed by atoms with van der Waals surface area (Å²) >= 11 is 0. The number of benzene rings is 1. The molecule has 4 heteroatoms. The highest BCUT2D eigenvalue weighted by Crippen LogP contribution is 2.27. The van der Waals surface area contributed by atoms with Gasteiger partial charge in [0, 0.05) is 17.4 Å². The minimum Gasteiger partial charge on any atom is -0.493 e. The quantitative estimate of drug-likeness (QED) is 0.669. The second-order valence-corrected chi connectivity index (χ2v) is 7.37. The molecule has 2 aromatic rings. The topological polar surface area (TPSA) is 51.2 Å². The van der Waals surface area contributed by atoms with Crippen LogP contribution in [0.4, 0.5) is 5.69 Å². The predicted octanol–water partition coefficient (Wildman–Crippen LogP) is 5.50. The number of carbonyl (C=O) groups excluding carboxylic acids is 1. The molecule has 1 amide bonds. The van der Waals surface area contributed by atoms with E-state index in [1.54, 1.807) is 0 Å². The monoisotopic (exact) mass is 368 g/mol. The van der Waals surface area contributed by atoms with Gasteiger partial charge in [0.1, 0.15) is 11.3 Å². The molecule has 0 atom stereocenters. The number of rotatable bonds is 8. The van der Waals surface area contributed by atoms with E-state index < -0.39 is 0 Å². The highest BCUT2D eigenvalue weighted by Gasteiger charge is 2.20. The summed E-state index contributed by atoms with van der Waals surface area (Å²) in [5.41, 5.74) is 5.27. The normalized spacial score (nSPS) is 10.9. The Kier molecular flexibility index (Phi) is 7.40. The van der Waals surface area contributed by atoms with Gasteiger partial charge >= 0.3 is 0 Å². The predicted molar refractivity (Wildman–Crippen MR) is 112 cm³/mol. The summed E-state index contributed by atoms with van der Waals surface area (Å²) in [6.45, 7) is 12.9. The van der Waals surface area contributed by atoms with Crippen LogP contribution in [0, 0.1) is 19.8 Å². The third kappa shape index (κ3) is 5.31. The van der Waals surface area contributed by atoms with Crippen molar-refractivity contribution in [2.75, 3.05) is 11.9 Å². The average molecular weight is 369 g/mol. The van der Waals surface area contributed by atoms with Gasteiger partial charge < -0.3 is 10.1 Å². The molecule has 1 aromatic heterocycles. The Morgan fingerprint density at radius 3 is 2.33 bits per heavy atom. The summed E-state index contributed by atoms with van der Waals surface area (Å²) in [5, 5.41) is 3.14. The van der Waals surface area contributed by atoms with Gasteiger partial charge in [-0.15, -0.1) is 0 Å². The van der Waals surface area contributed by atoms with E-state index in [1.807, 2.05) is 26.0 Å². The number of nitrogens with zero attached hydrogens (tertiary/aromatic N) is 1. The summed E-state index contributed by atoms with van der Waals surface area (Å²) in [6.07, 6.45) is 2.68. The van der Waals surface area contributed by atoms with Crippen LogP contribution in [0.1, 0.15) is 67.0 Å². The summed E-state index contributed by atoms with van der Waals surface area (Å²) < 4.78 is 5.98. The standard InChI is InChI=1S/C23H32N2O2/c1-7-18-10-9-11-19(8-2)22(18)25-23(26)21-17(6)24-16(5)14-20(21)27-13-12-15(3)4/h9-11,14-15H,7-8,12-13H2,1-6H3,(H,25,26). The molecule has 0 aliphatic heterocycles. The Bertz CT molecular complexity index is 775. The zero-order valence-electron chi connectivity index (χ0n) is 17.5. The Balaban J connectivity index is 2.36. The second-order valence-electron chi connectivity index (χ2n) is 7.37. The molecule has 0 unspecified atom stereocenters. The highest BCUT2D eigenvalue weighted by atomic mass is 16.5. The van der Waals surface area contributed by atoms with Crippen LogP contribution in [0.25, 0.3) is 0 Å². The number of aryl methyl sites for hydroxylation is 4. The molecule has 146 valence electrons. The zero-order chi connectivity index (χ0) is 20.0. The fourth-order valence-corrected chi connectivity index (χ4v) is 3.17. The van der Waals surface area contributed by atoms with E-state index >= 15 is 0 Å². The minimum absolute atomic E-state index is 0.157. The van der Waals surface area contributed by atoms with E-state index in [-0.39, 0.29) is 5.91 Å². The number of hydrogen-bond acceptors (Lipinski definition) is 3. The van der Waals surface area contributed by atoms with Crippen molar-refractivity contribution in [3.63, 3.8) is 0 Å². The van der Waals surface area contributed by atoms with Crippen LogP contribution in [-0.4, -0.2) is 17.5 Å². The van der Waals surface area contributed by atoms with Gasteiger partial charge in [0.25, 0.3) is 5.91 Å². The number of carbonyl (C=O) groups is 1.